The molecule has 0 atom stereocenters. The first-order chi connectivity index (χ1) is 14.4. The van der Waals surface area contributed by atoms with Crippen molar-refractivity contribution < 1.29 is 27.5 Å². The van der Waals surface area contributed by atoms with Gasteiger partial charge in [0.2, 0.25) is 5.91 Å². The SMILES string of the molecule is CC(=O)OCc1ccc(CN2CCCN(CC(=O)Nc3ccc(F)cc3F)CC2)o1. The van der Waals surface area contributed by atoms with E-state index in [4.69, 9.17) is 9.15 Å². The number of hydrogen-bond acceptors (Lipinski definition) is 6. The highest BCUT2D eigenvalue weighted by Gasteiger charge is 2.19. The van der Waals surface area contributed by atoms with E-state index in [1.165, 1.54) is 13.0 Å². The van der Waals surface area contributed by atoms with Crippen molar-refractivity contribution in [1.82, 2.24) is 9.80 Å². The number of benzene rings is 1. The number of furan rings is 1. The third kappa shape index (κ3) is 6.64. The Bertz CT molecular complexity index is 887. The van der Waals surface area contributed by atoms with Gasteiger partial charge in [0.25, 0.3) is 0 Å². The Balaban J connectivity index is 1.45. The number of nitrogens with one attached hydrogen (secondary N) is 1. The fourth-order valence-corrected chi connectivity index (χ4v) is 3.30. The molecule has 1 aliphatic rings. The van der Waals surface area contributed by atoms with Gasteiger partial charge in [-0.2, -0.15) is 0 Å². The molecule has 162 valence electrons. The first-order valence-corrected chi connectivity index (χ1v) is 9.79. The maximum Gasteiger partial charge on any atom is 0.303 e. The number of ether oxygens (including phenoxy) is 1. The lowest BCUT2D eigenvalue weighted by Gasteiger charge is -2.20. The number of anilines is 1. The molecule has 7 nitrogen and oxygen atoms in total. The predicted molar refractivity (Wildman–Crippen MR) is 105 cm³/mol. The van der Waals surface area contributed by atoms with Crippen molar-refractivity contribution in [2.24, 2.45) is 0 Å². The van der Waals surface area contributed by atoms with Crippen LogP contribution in [0, 0.1) is 11.6 Å². The summed E-state index contributed by atoms with van der Waals surface area (Å²) in [5, 5.41) is 2.49. The minimum atomic E-state index is -0.795. The predicted octanol–water partition coefficient (Wildman–Crippen LogP) is 2.77. The van der Waals surface area contributed by atoms with Gasteiger partial charge >= 0.3 is 5.97 Å². The Morgan fingerprint density at radius 1 is 1.07 bits per heavy atom. The molecule has 1 fully saturated rings. The molecule has 1 aliphatic heterocycles. The van der Waals surface area contributed by atoms with Gasteiger partial charge in [-0.3, -0.25) is 19.4 Å². The monoisotopic (exact) mass is 421 g/mol. The summed E-state index contributed by atoms with van der Waals surface area (Å²) in [7, 11) is 0. The molecule has 0 radical (unpaired) electrons. The maximum atomic E-state index is 13.7. The molecule has 0 bridgehead atoms. The molecule has 3 rings (SSSR count). The number of carbonyl (C=O) groups excluding carboxylic acids is 2. The van der Waals surface area contributed by atoms with Crippen LogP contribution in [-0.4, -0.2) is 54.4 Å². The standard InChI is InChI=1S/C21H25F2N3O4/c1-15(27)29-14-18-5-4-17(30-18)12-25-7-2-8-26(10-9-25)13-21(28)24-20-6-3-16(22)11-19(20)23/h3-6,11H,2,7-10,12-14H2,1H3,(H,24,28). The summed E-state index contributed by atoms with van der Waals surface area (Å²) in [6.45, 7) is 5.25. The molecule has 1 saturated heterocycles. The first-order valence-electron chi connectivity index (χ1n) is 9.79. The van der Waals surface area contributed by atoms with Crippen LogP contribution in [0.2, 0.25) is 0 Å². The van der Waals surface area contributed by atoms with Crippen LogP contribution in [0.15, 0.2) is 34.7 Å². The van der Waals surface area contributed by atoms with Gasteiger partial charge in [0, 0.05) is 26.1 Å². The number of nitrogens with zero attached hydrogens (tertiary/aromatic N) is 2. The van der Waals surface area contributed by atoms with E-state index in [0.717, 1.165) is 43.9 Å². The summed E-state index contributed by atoms with van der Waals surface area (Å²) in [6, 6.07) is 6.72. The van der Waals surface area contributed by atoms with Crippen molar-refractivity contribution in [2.75, 3.05) is 38.0 Å². The molecule has 0 spiro atoms. The van der Waals surface area contributed by atoms with E-state index in [1.807, 2.05) is 11.0 Å². The third-order valence-electron chi connectivity index (χ3n) is 4.77. The number of amides is 1. The van der Waals surface area contributed by atoms with Gasteiger partial charge in [0.15, 0.2) is 0 Å². The Morgan fingerprint density at radius 3 is 2.57 bits per heavy atom. The first kappa shape index (κ1) is 21.9. The molecular formula is C21H25F2N3O4. The van der Waals surface area contributed by atoms with E-state index in [1.54, 1.807) is 6.07 Å². The smallest absolute Gasteiger partial charge is 0.303 e. The van der Waals surface area contributed by atoms with Crippen molar-refractivity contribution in [2.45, 2.75) is 26.5 Å². The van der Waals surface area contributed by atoms with Gasteiger partial charge in [-0.15, -0.1) is 0 Å². The summed E-state index contributed by atoms with van der Waals surface area (Å²) in [6.07, 6.45) is 0.874. The van der Waals surface area contributed by atoms with Crippen molar-refractivity contribution in [3.63, 3.8) is 0 Å². The molecule has 1 amide bonds. The second-order valence-corrected chi connectivity index (χ2v) is 7.23. The Labute approximate surface area is 173 Å². The van der Waals surface area contributed by atoms with E-state index in [-0.39, 0.29) is 30.7 Å². The highest BCUT2D eigenvalue weighted by Crippen LogP contribution is 2.16. The molecule has 0 unspecified atom stereocenters. The van der Waals surface area contributed by atoms with Crippen LogP contribution in [0.5, 0.6) is 0 Å². The zero-order valence-corrected chi connectivity index (χ0v) is 16.8. The molecular weight excluding hydrogens is 396 g/mol. The van der Waals surface area contributed by atoms with Crippen LogP contribution in [0.4, 0.5) is 14.5 Å². The molecule has 0 aliphatic carbocycles. The lowest BCUT2D eigenvalue weighted by atomic mass is 10.3. The van der Waals surface area contributed by atoms with Crippen molar-refractivity contribution in [3.8, 4) is 0 Å². The molecule has 1 N–H and O–H groups in total. The lowest BCUT2D eigenvalue weighted by molar-refractivity contribution is -0.142. The largest absolute Gasteiger partial charge is 0.461 e. The highest BCUT2D eigenvalue weighted by atomic mass is 19.1. The summed E-state index contributed by atoms with van der Waals surface area (Å²) >= 11 is 0. The van der Waals surface area contributed by atoms with E-state index < -0.39 is 11.6 Å². The summed E-state index contributed by atoms with van der Waals surface area (Å²) in [4.78, 5) is 27.4. The fraction of sp³-hybridized carbons (Fsp3) is 0.429. The zero-order valence-electron chi connectivity index (χ0n) is 16.8. The fourth-order valence-electron chi connectivity index (χ4n) is 3.30. The van der Waals surface area contributed by atoms with Gasteiger partial charge in [-0.1, -0.05) is 0 Å². The van der Waals surface area contributed by atoms with Gasteiger partial charge in [-0.25, -0.2) is 8.78 Å². The zero-order chi connectivity index (χ0) is 21.5. The van der Waals surface area contributed by atoms with Crippen LogP contribution >= 0.6 is 0 Å². The minimum Gasteiger partial charge on any atom is -0.461 e. The normalized spacial score (nSPS) is 15.6. The third-order valence-corrected chi connectivity index (χ3v) is 4.77. The highest BCUT2D eigenvalue weighted by molar-refractivity contribution is 5.92. The summed E-state index contributed by atoms with van der Waals surface area (Å²) < 4.78 is 37.3. The Hall–Kier alpha value is -2.78. The molecule has 0 saturated carbocycles. The molecule has 1 aromatic heterocycles. The maximum absolute atomic E-state index is 13.7. The minimum absolute atomic E-state index is 0.0276. The number of hydrogen-bond donors (Lipinski definition) is 1. The van der Waals surface area contributed by atoms with Crippen LogP contribution in [0.1, 0.15) is 24.9 Å². The second kappa shape index (κ2) is 10.3. The Kier molecular flexibility index (Phi) is 7.53. The van der Waals surface area contributed by atoms with Crippen LogP contribution < -0.4 is 5.32 Å². The molecule has 1 aromatic carbocycles. The second-order valence-electron chi connectivity index (χ2n) is 7.23. The van der Waals surface area contributed by atoms with Crippen molar-refractivity contribution >= 4 is 17.6 Å². The van der Waals surface area contributed by atoms with Gasteiger partial charge in [-0.05, 0) is 43.8 Å². The van der Waals surface area contributed by atoms with Crippen LogP contribution in [-0.2, 0) is 27.5 Å². The van der Waals surface area contributed by atoms with Gasteiger partial charge < -0.3 is 14.5 Å². The summed E-state index contributed by atoms with van der Waals surface area (Å²) in [5.74, 6) is -0.789. The van der Waals surface area contributed by atoms with E-state index in [9.17, 15) is 18.4 Å². The molecule has 30 heavy (non-hydrogen) atoms. The topological polar surface area (TPSA) is 75.0 Å². The summed E-state index contributed by atoms with van der Waals surface area (Å²) in [5.41, 5.74) is -0.0276. The molecule has 2 aromatic rings. The number of halogens is 2. The average Bonchev–Trinajstić information content (AvgIpc) is 3.02. The van der Waals surface area contributed by atoms with E-state index >= 15 is 0 Å². The van der Waals surface area contributed by atoms with Crippen LogP contribution in [0.25, 0.3) is 0 Å². The van der Waals surface area contributed by atoms with Crippen molar-refractivity contribution in [3.05, 3.63) is 53.5 Å². The average molecular weight is 421 g/mol. The van der Waals surface area contributed by atoms with Crippen molar-refractivity contribution in [1.29, 1.82) is 0 Å². The van der Waals surface area contributed by atoms with Gasteiger partial charge in [0.1, 0.15) is 29.8 Å². The van der Waals surface area contributed by atoms with Gasteiger partial charge in [0.05, 0.1) is 18.8 Å². The number of rotatable bonds is 7. The molecule has 2 heterocycles. The van der Waals surface area contributed by atoms with E-state index in [2.05, 4.69) is 10.2 Å². The van der Waals surface area contributed by atoms with E-state index in [0.29, 0.717) is 18.8 Å². The van der Waals surface area contributed by atoms with Crippen LogP contribution in [0.3, 0.4) is 0 Å². The number of esters is 1. The quantitative estimate of drug-likeness (QED) is 0.693. The number of carbonyl (C=O) groups is 2. The lowest BCUT2D eigenvalue weighted by Crippen LogP contribution is -2.36. The Morgan fingerprint density at radius 2 is 1.80 bits per heavy atom. The molecule has 9 heteroatoms.